The fraction of sp³-hybridized carbons (Fsp3) is 1.00. The molecule has 0 aromatic carbocycles. The lowest BCUT2D eigenvalue weighted by molar-refractivity contribution is 0.174. The molecule has 0 saturated heterocycles. The van der Waals surface area contributed by atoms with Crippen LogP contribution in [0, 0.1) is 5.92 Å². The van der Waals surface area contributed by atoms with E-state index >= 15 is 0 Å². The number of hydrogen-bond donors (Lipinski definition) is 0. The molecule has 15 heavy (non-hydrogen) atoms. The molecule has 92 valence electrons. The summed E-state index contributed by atoms with van der Waals surface area (Å²) in [6.45, 7) is 21.0. The van der Waals surface area contributed by atoms with Gasteiger partial charge in [0, 0.05) is 5.22 Å². The Morgan fingerprint density at radius 1 is 0.933 bits per heavy atom. The zero-order chi connectivity index (χ0) is 12.4. The lowest BCUT2D eigenvalue weighted by Gasteiger charge is -2.41. The summed E-state index contributed by atoms with van der Waals surface area (Å²) in [5.41, 5.74) is 0. The Morgan fingerprint density at radius 3 is 1.60 bits per heavy atom. The summed E-state index contributed by atoms with van der Waals surface area (Å²) in [7, 11) is -1.84. The van der Waals surface area contributed by atoms with Crippen molar-refractivity contribution in [2.75, 3.05) is 0 Å². The van der Waals surface area contributed by atoms with Crippen LogP contribution in [0.1, 0.15) is 41.5 Å². The monoisotopic (exact) mass is 246 g/mol. The van der Waals surface area contributed by atoms with Gasteiger partial charge in [0.05, 0.1) is 8.80 Å². The Morgan fingerprint density at radius 2 is 1.33 bits per heavy atom. The van der Waals surface area contributed by atoms with Crippen LogP contribution in [0.2, 0.25) is 24.7 Å². The highest BCUT2D eigenvalue weighted by Gasteiger charge is 2.36. The molecule has 0 aliphatic carbocycles. The highest BCUT2D eigenvalue weighted by molar-refractivity contribution is 6.61. The van der Waals surface area contributed by atoms with Gasteiger partial charge in [-0.05, 0) is 31.4 Å². The van der Waals surface area contributed by atoms with Crippen LogP contribution in [0.5, 0.6) is 0 Å². The average molecular weight is 247 g/mol. The Hall–Kier alpha value is 0.394. The van der Waals surface area contributed by atoms with Crippen molar-refractivity contribution in [2.24, 2.45) is 5.92 Å². The van der Waals surface area contributed by atoms with E-state index in [1.165, 1.54) is 0 Å². The van der Waals surface area contributed by atoms with Crippen LogP contribution in [0.15, 0.2) is 0 Å². The standard InChI is InChI=1S/C12H30OSi2/c1-10(2)11(3,4)15(9)13-12(5,6)14(7)8/h10,14-15H,1-9H3. The molecule has 0 spiro atoms. The molecule has 0 aromatic heterocycles. The van der Waals surface area contributed by atoms with E-state index in [-0.39, 0.29) is 5.22 Å². The predicted molar refractivity (Wildman–Crippen MR) is 75.9 cm³/mol. The molecule has 0 heterocycles. The summed E-state index contributed by atoms with van der Waals surface area (Å²) in [6, 6.07) is 0. The second-order valence-corrected chi connectivity index (χ2v) is 13.2. The van der Waals surface area contributed by atoms with Gasteiger partial charge in [-0.15, -0.1) is 0 Å². The molecule has 0 rings (SSSR count). The quantitative estimate of drug-likeness (QED) is 0.674. The molecule has 0 aliphatic heterocycles. The first-order chi connectivity index (χ1) is 6.51. The average Bonchev–Trinajstić information content (AvgIpc) is 2.02. The molecule has 0 N–H and O–H groups in total. The maximum atomic E-state index is 6.43. The van der Waals surface area contributed by atoms with Gasteiger partial charge in [-0.2, -0.15) is 0 Å². The minimum Gasteiger partial charge on any atom is -0.418 e. The third kappa shape index (κ3) is 4.04. The second-order valence-electron chi connectivity index (χ2n) is 6.49. The first-order valence-corrected chi connectivity index (χ1v) is 11.3. The first-order valence-electron chi connectivity index (χ1n) is 6.19. The van der Waals surface area contributed by atoms with Crippen molar-refractivity contribution in [3.63, 3.8) is 0 Å². The summed E-state index contributed by atoms with van der Waals surface area (Å²) >= 11 is 0. The van der Waals surface area contributed by atoms with Crippen molar-refractivity contribution < 1.29 is 4.43 Å². The predicted octanol–water partition coefficient (Wildman–Crippen LogP) is 3.60. The summed E-state index contributed by atoms with van der Waals surface area (Å²) in [6.07, 6.45) is 0. The van der Waals surface area contributed by atoms with Crippen molar-refractivity contribution in [1.29, 1.82) is 0 Å². The smallest absolute Gasteiger partial charge is 0.180 e. The normalized spacial score (nSPS) is 16.2. The maximum absolute atomic E-state index is 6.43. The molecule has 0 amide bonds. The van der Waals surface area contributed by atoms with Gasteiger partial charge >= 0.3 is 0 Å². The summed E-state index contributed by atoms with van der Waals surface area (Å²) in [4.78, 5) is 0. The summed E-state index contributed by atoms with van der Waals surface area (Å²) < 4.78 is 6.43. The molecular formula is C12H30OSi2. The third-order valence-corrected chi connectivity index (χ3v) is 11.3. The summed E-state index contributed by atoms with van der Waals surface area (Å²) in [5.74, 6) is 0.712. The number of rotatable bonds is 5. The molecule has 0 fully saturated rings. The maximum Gasteiger partial charge on any atom is 0.180 e. The molecule has 0 radical (unpaired) electrons. The van der Waals surface area contributed by atoms with E-state index in [0.29, 0.717) is 11.0 Å². The van der Waals surface area contributed by atoms with Gasteiger partial charge in [-0.3, -0.25) is 0 Å². The van der Waals surface area contributed by atoms with Crippen molar-refractivity contribution in [3.05, 3.63) is 0 Å². The molecule has 1 unspecified atom stereocenters. The largest absolute Gasteiger partial charge is 0.418 e. The van der Waals surface area contributed by atoms with E-state index < -0.39 is 17.8 Å². The Bertz CT molecular complexity index is 198. The van der Waals surface area contributed by atoms with Crippen LogP contribution in [-0.4, -0.2) is 23.1 Å². The first kappa shape index (κ1) is 15.4. The van der Waals surface area contributed by atoms with Gasteiger partial charge in [0.25, 0.3) is 0 Å². The van der Waals surface area contributed by atoms with Crippen molar-refractivity contribution in [1.82, 2.24) is 0 Å². The molecule has 3 heteroatoms. The van der Waals surface area contributed by atoms with Crippen LogP contribution < -0.4 is 0 Å². The Labute approximate surface area is 99.9 Å². The highest BCUT2D eigenvalue weighted by atomic mass is 28.3. The van der Waals surface area contributed by atoms with Gasteiger partial charge in [0.2, 0.25) is 0 Å². The third-order valence-electron chi connectivity index (χ3n) is 4.41. The van der Waals surface area contributed by atoms with Crippen LogP contribution >= 0.6 is 0 Å². The van der Waals surface area contributed by atoms with E-state index in [9.17, 15) is 0 Å². The molecule has 0 aromatic rings. The van der Waals surface area contributed by atoms with E-state index in [1.54, 1.807) is 0 Å². The second kappa shape index (κ2) is 5.15. The Kier molecular flexibility index (Phi) is 5.28. The molecule has 0 aliphatic rings. The van der Waals surface area contributed by atoms with Crippen molar-refractivity contribution in [2.45, 2.75) is 71.4 Å². The topological polar surface area (TPSA) is 9.23 Å². The van der Waals surface area contributed by atoms with Crippen LogP contribution in [0.25, 0.3) is 0 Å². The van der Waals surface area contributed by atoms with E-state index in [1.807, 2.05) is 0 Å². The van der Waals surface area contributed by atoms with E-state index in [4.69, 9.17) is 4.43 Å². The zero-order valence-corrected chi connectivity index (χ0v) is 14.4. The fourth-order valence-electron chi connectivity index (χ4n) is 1.21. The lowest BCUT2D eigenvalue weighted by atomic mass is 9.99. The van der Waals surface area contributed by atoms with Crippen molar-refractivity contribution in [3.8, 4) is 0 Å². The fourth-order valence-corrected chi connectivity index (χ4v) is 5.07. The van der Waals surface area contributed by atoms with Gasteiger partial charge in [-0.1, -0.05) is 40.8 Å². The van der Waals surface area contributed by atoms with Crippen LogP contribution in [-0.2, 0) is 4.43 Å². The number of hydrogen-bond acceptors (Lipinski definition) is 1. The van der Waals surface area contributed by atoms with Crippen LogP contribution in [0.4, 0.5) is 0 Å². The Balaban J connectivity index is 4.56. The van der Waals surface area contributed by atoms with Gasteiger partial charge in [0.1, 0.15) is 0 Å². The van der Waals surface area contributed by atoms with Gasteiger partial charge < -0.3 is 4.43 Å². The van der Waals surface area contributed by atoms with E-state index in [2.05, 4.69) is 61.2 Å². The van der Waals surface area contributed by atoms with Gasteiger partial charge in [-0.25, -0.2) is 0 Å². The molecule has 0 bridgehead atoms. The van der Waals surface area contributed by atoms with Gasteiger partial charge in [0.15, 0.2) is 9.04 Å². The van der Waals surface area contributed by atoms with Crippen LogP contribution in [0.3, 0.4) is 0 Å². The highest BCUT2D eigenvalue weighted by Crippen LogP contribution is 2.39. The molecule has 1 atom stereocenters. The molecule has 0 saturated carbocycles. The molecular weight excluding hydrogens is 216 g/mol. The van der Waals surface area contributed by atoms with Crippen molar-refractivity contribution >= 4 is 17.8 Å². The zero-order valence-electron chi connectivity index (χ0n) is 12.1. The minimum absolute atomic E-state index is 0.164. The molecule has 1 nitrogen and oxygen atoms in total. The lowest BCUT2D eigenvalue weighted by Crippen LogP contribution is -2.46. The summed E-state index contributed by atoms with van der Waals surface area (Å²) in [5, 5.41) is 0.554. The van der Waals surface area contributed by atoms with E-state index in [0.717, 1.165) is 0 Å². The minimum atomic E-state index is -1.12. The SMILES string of the molecule is CC(C)C(C)(C)[SiH](C)OC(C)(C)[SiH](C)C.